The van der Waals surface area contributed by atoms with Crippen LogP contribution in [-0.4, -0.2) is 60.4 Å². The van der Waals surface area contributed by atoms with Crippen molar-refractivity contribution in [2.75, 3.05) is 26.2 Å². The molecule has 3 heterocycles. The molecule has 3 fully saturated rings. The number of alkyl halides is 3. The van der Waals surface area contributed by atoms with Gasteiger partial charge in [0.1, 0.15) is 11.5 Å². The quantitative estimate of drug-likeness (QED) is 0.743. The highest BCUT2D eigenvalue weighted by Gasteiger charge is 2.41. The molecule has 0 radical (unpaired) electrons. The average Bonchev–Trinajstić information content (AvgIpc) is 3.34. The van der Waals surface area contributed by atoms with Crippen LogP contribution in [0.5, 0.6) is 0 Å². The second-order valence-corrected chi connectivity index (χ2v) is 8.15. The summed E-state index contributed by atoms with van der Waals surface area (Å²) in [6.07, 6.45) is -1.61. The van der Waals surface area contributed by atoms with Gasteiger partial charge in [0.2, 0.25) is 5.91 Å². The van der Waals surface area contributed by atoms with Crippen LogP contribution >= 0.6 is 0 Å². The number of aliphatic carboxylic acids is 1. The molecule has 1 aliphatic carbocycles. The van der Waals surface area contributed by atoms with Crippen LogP contribution in [0.1, 0.15) is 30.8 Å². The van der Waals surface area contributed by atoms with Crippen molar-refractivity contribution in [3.8, 4) is 0 Å². The van der Waals surface area contributed by atoms with Gasteiger partial charge in [0, 0.05) is 24.9 Å². The normalized spacial score (nSPS) is 26.5. The van der Waals surface area contributed by atoms with E-state index in [0.717, 1.165) is 57.0 Å². The Kier molecular flexibility index (Phi) is 7.07. The molecule has 1 aromatic rings. The number of carboxylic acid groups (broad SMARTS) is 1. The number of hydrogen-bond acceptors (Lipinski definition) is 5. The van der Waals surface area contributed by atoms with Gasteiger partial charge in [0.05, 0.1) is 19.3 Å². The smallest absolute Gasteiger partial charge is 0.475 e. The van der Waals surface area contributed by atoms with E-state index in [1.54, 1.807) is 0 Å². The highest BCUT2D eigenvalue weighted by atomic mass is 19.4. The minimum atomic E-state index is -5.08. The van der Waals surface area contributed by atoms with E-state index >= 15 is 0 Å². The number of hydrogen-bond donors (Lipinski definition) is 2. The number of fused-ring (bicyclic) bond motifs is 1. The molecule has 0 aromatic carbocycles. The van der Waals surface area contributed by atoms with Crippen molar-refractivity contribution in [3.63, 3.8) is 0 Å². The number of piperidine rings is 1. The van der Waals surface area contributed by atoms with Gasteiger partial charge in [-0.1, -0.05) is 0 Å². The number of furan rings is 1. The van der Waals surface area contributed by atoms with Crippen LogP contribution in [0, 0.1) is 24.7 Å². The van der Waals surface area contributed by atoms with E-state index in [9.17, 15) is 18.0 Å². The fourth-order valence-corrected chi connectivity index (χ4v) is 4.00. The Hall–Kier alpha value is -2.07. The second-order valence-electron chi connectivity index (χ2n) is 8.15. The monoisotopic (exact) mass is 432 g/mol. The molecule has 0 spiro atoms. The summed E-state index contributed by atoms with van der Waals surface area (Å²) in [7, 11) is 0. The van der Waals surface area contributed by atoms with Crippen molar-refractivity contribution in [1.82, 2.24) is 10.2 Å². The van der Waals surface area contributed by atoms with E-state index in [1.807, 2.05) is 13.0 Å². The molecular weight excluding hydrogens is 405 g/mol. The van der Waals surface area contributed by atoms with Gasteiger partial charge in [0.15, 0.2) is 0 Å². The molecule has 4 rings (SSSR count). The van der Waals surface area contributed by atoms with Gasteiger partial charge in [-0.15, -0.1) is 0 Å². The summed E-state index contributed by atoms with van der Waals surface area (Å²) < 4.78 is 43.4. The zero-order valence-corrected chi connectivity index (χ0v) is 16.8. The molecule has 7 nitrogen and oxygen atoms in total. The van der Waals surface area contributed by atoms with E-state index in [2.05, 4.69) is 16.3 Å². The predicted octanol–water partition coefficient (Wildman–Crippen LogP) is 2.58. The van der Waals surface area contributed by atoms with Gasteiger partial charge in [-0.3, -0.25) is 9.69 Å². The Morgan fingerprint density at radius 3 is 2.53 bits per heavy atom. The minimum absolute atomic E-state index is 0.204. The van der Waals surface area contributed by atoms with E-state index in [0.29, 0.717) is 18.4 Å². The number of nitrogens with zero attached hydrogens (tertiary/aromatic N) is 1. The van der Waals surface area contributed by atoms with E-state index in [-0.39, 0.29) is 17.9 Å². The molecule has 30 heavy (non-hydrogen) atoms. The summed E-state index contributed by atoms with van der Waals surface area (Å²) in [6.45, 7) is 6.53. The molecular formula is C20H27F3N2O5. The first-order valence-electron chi connectivity index (χ1n) is 10.1. The second kappa shape index (κ2) is 9.38. The molecule has 1 aromatic heterocycles. The lowest BCUT2D eigenvalue weighted by Crippen LogP contribution is -2.43. The van der Waals surface area contributed by atoms with Gasteiger partial charge in [-0.25, -0.2) is 4.79 Å². The SMILES string of the molecule is Cc1ccc(CN2CC[C@H]3[C@H](CO[C@H]3CNC(=O)C3CC3)C2)o1.O=C(O)C(F)(F)F. The first-order valence-corrected chi connectivity index (χ1v) is 10.1. The molecule has 2 saturated heterocycles. The molecule has 168 valence electrons. The maximum Gasteiger partial charge on any atom is 0.490 e. The third-order valence-corrected chi connectivity index (χ3v) is 5.72. The van der Waals surface area contributed by atoms with E-state index in [1.165, 1.54) is 0 Å². The summed E-state index contributed by atoms with van der Waals surface area (Å²) >= 11 is 0. The molecule has 2 aliphatic heterocycles. The molecule has 2 N–H and O–H groups in total. The molecule has 10 heteroatoms. The number of amides is 1. The van der Waals surface area contributed by atoms with Gasteiger partial charge in [-0.05, 0) is 50.8 Å². The van der Waals surface area contributed by atoms with E-state index in [4.69, 9.17) is 19.1 Å². The number of carbonyl (C=O) groups excluding carboxylic acids is 1. The van der Waals surface area contributed by atoms with Crippen LogP contribution in [0.25, 0.3) is 0 Å². The number of rotatable bonds is 5. The molecule has 3 aliphatic rings. The zero-order chi connectivity index (χ0) is 21.9. The number of carboxylic acids is 1. The lowest BCUT2D eigenvalue weighted by atomic mass is 9.84. The van der Waals surface area contributed by atoms with Crippen molar-refractivity contribution in [1.29, 1.82) is 0 Å². The lowest BCUT2D eigenvalue weighted by molar-refractivity contribution is -0.192. The minimum Gasteiger partial charge on any atom is -0.475 e. The topological polar surface area (TPSA) is 92.0 Å². The molecule has 1 saturated carbocycles. The first-order chi connectivity index (χ1) is 14.1. The van der Waals surface area contributed by atoms with Crippen molar-refractivity contribution in [2.24, 2.45) is 17.8 Å². The predicted molar refractivity (Wildman–Crippen MR) is 99.5 cm³/mol. The zero-order valence-electron chi connectivity index (χ0n) is 16.8. The maximum absolute atomic E-state index is 11.8. The summed E-state index contributed by atoms with van der Waals surface area (Å²) in [5, 5.41) is 10.2. The fourth-order valence-electron chi connectivity index (χ4n) is 4.00. The Morgan fingerprint density at radius 1 is 1.27 bits per heavy atom. The number of ether oxygens (including phenoxy) is 1. The van der Waals surface area contributed by atoms with Crippen LogP contribution in [0.3, 0.4) is 0 Å². The third kappa shape index (κ3) is 6.21. The standard InChI is InChI=1S/C18H26N2O3.C2HF3O2/c1-12-2-5-15(23-12)10-20-7-6-16-14(9-20)11-22-17(16)8-19-18(21)13-3-4-13;3-2(4,5)1(6)7/h2,5,13-14,16-17H,3-4,6-11H2,1H3,(H,19,21);(H,6,7)/t14-,16-,17-;/m0./s1. The van der Waals surface area contributed by atoms with Gasteiger partial charge in [-0.2, -0.15) is 13.2 Å². The van der Waals surface area contributed by atoms with Crippen molar-refractivity contribution in [3.05, 3.63) is 23.7 Å². The molecule has 3 atom stereocenters. The number of aryl methyl sites for hydroxylation is 1. The Balaban J connectivity index is 0.000000318. The summed E-state index contributed by atoms with van der Waals surface area (Å²) in [5.74, 6) is 0.950. The number of nitrogens with one attached hydrogen (secondary N) is 1. The van der Waals surface area contributed by atoms with Crippen molar-refractivity contribution >= 4 is 11.9 Å². The number of likely N-dealkylation sites (tertiary alicyclic amines) is 1. The first kappa shape index (κ1) is 22.6. The molecule has 0 bridgehead atoms. The third-order valence-electron chi connectivity index (χ3n) is 5.72. The fraction of sp³-hybridized carbons (Fsp3) is 0.700. The average molecular weight is 432 g/mol. The van der Waals surface area contributed by atoms with Crippen LogP contribution in [0.2, 0.25) is 0 Å². The lowest BCUT2D eigenvalue weighted by Gasteiger charge is -2.35. The van der Waals surface area contributed by atoms with Crippen LogP contribution in [-0.2, 0) is 20.9 Å². The Labute approximate surface area is 172 Å². The van der Waals surface area contributed by atoms with Crippen LogP contribution in [0.4, 0.5) is 13.2 Å². The van der Waals surface area contributed by atoms with Crippen molar-refractivity contribution < 1.29 is 37.0 Å². The summed E-state index contributed by atoms with van der Waals surface area (Å²) in [4.78, 5) is 23.2. The number of halogens is 3. The highest BCUT2D eigenvalue weighted by molar-refractivity contribution is 5.80. The summed E-state index contributed by atoms with van der Waals surface area (Å²) in [5.41, 5.74) is 0. The Morgan fingerprint density at radius 2 is 1.97 bits per heavy atom. The number of carbonyl (C=O) groups is 2. The van der Waals surface area contributed by atoms with Crippen LogP contribution < -0.4 is 5.32 Å². The summed E-state index contributed by atoms with van der Waals surface area (Å²) in [6, 6.07) is 4.10. The maximum atomic E-state index is 11.8. The van der Waals surface area contributed by atoms with Gasteiger partial charge in [0.25, 0.3) is 0 Å². The van der Waals surface area contributed by atoms with E-state index < -0.39 is 12.1 Å². The molecule has 1 amide bonds. The molecule has 0 unspecified atom stereocenters. The van der Waals surface area contributed by atoms with Gasteiger partial charge < -0.3 is 19.6 Å². The Bertz CT molecular complexity index is 747. The van der Waals surface area contributed by atoms with Gasteiger partial charge >= 0.3 is 12.1 Å². The highest BCUT2D eigenvalue weighted by Crippen LogP contribution is 2.35. The van der Waals surface area contributed by atoms with Crippen molar-refractivity contribution in [2.45, 2.75) is 45.0 Å². The van der Waals surface area contributed by atoms with Crippen LogP contribution in [0.15, 0.2) is 16.5 Å². The largest absolute Gasteiger partial charge is 0.490 e.